The van der Waals surface area contributed by atoms with E-state index in [1.54, 1.807) is 0 Å². The van der Waals surface area contributed by atoms with E-state index < -0.39 is 367 Å². The van der Waals surface area contributed by atoms with Gasteiger partial charge in [-0.15, -0.1) is 0 Å². The van der Waals surface area contributed by atoms with Gasteiger partial charge in [-0.25, -0.2) is 0 Å². The summed E-state index contributed by atoms with van der Waals surface area (Å²) in [5.74, 6) is -7.01. The third-order valence-corrected chi connectivity index (χ3v) is 19.9. The quantitative estimate of drug-likeness (QED) is 0.0309. The molecule has 9 saturated heterocycles. The molecule has 0 aliphatic carbocycles. The van der Waals surface area contributed by atoms with Gasteiger partial charge < -0.3 is 292 Å². The van der Waals surface area contributed by atoms with Crippen LogP contribution in [0.15, 0.2) is 0 Å². The number of aliphatic hydroxyl groups excluding tert-OH is 38. The van der Waals surface area contributed by atoms with Gasteiger partial charge in [0.2, 0.25) is 17.4 Å². The lowest BCUT2D eigenvalue weighted by atomic mass is 9.98. The molecule has 0 radical (unpaired) electrons. The number of hydrogen-bond donors (Lipinski definition) is 38. The van der Waals surface area contributed by atoms with Crippen LogP contribution >= 0.6 is 0 Å². The fourth-order valence-electron chi connectivity index (χ4n) is 12.7. The molecule has 46 atom stereocenters. The van der Waals surface area contributed by atoms with Gasteiger partial charge in [0.1, 0.15) is 246 Å². The molecule has 9 fully saturated rings. The summed E-state index contributed by atoms with van der Waals surface area (Å²) in [7, 11) is 0. The lowest BCUT2D eigenvalue weighted by Gasteiger charge is -2.45. The zero-order chi connectivity index (χ0) is 85.8. The number of carbonyl (C=O) groups is 1. The van der Waals surface area contributed by atoms with Gasteiger partial charge in [-0.05, 0) is 0 Å². The van der Waals surface area contributed by atoms with Crippen molar-refractivity contribution in [3.05, 3.63) is 0 Å². The van der Waals surface area contributed by atoms with E-state index in [0.29, 0.717) is 0 Å². The van der Waals surface area contributed by atoms with Gasteiger partial charge >= 0.3 is 0 Å². The largest absolute Gasteiger partial charge is 0.412 e. The van der Waals surface area contributed by atoms with Crippen LogP contribution in [0.4, 0.5) is 0 Å². The van der Waals surface area contributed by atoms with E-state index in [1.165, 1.54) is 0 Å². The number of rotatable bonds is 29. The van der Waals surface area contributed by atoms with Crippen LogP contribution in [0.2, 0.25) is 0 Å². The van der Waals surface area contributed by atoms with Crippen molar-refractivity contribution in [2.24, 2.45) is 0 Å². The van der Waals surface area contributed by atoms with Crippen molar-refractivity contribution in [1.82, 2.24) is 0 Å². The molecule has 0 spiro atoms. The van der Waals surface area contributed by atoms with Crippen molar-refractivity contribution in [2.45, 2.75) is 281 Å². The van der Waals surface area contributed by atoms with Crippen molar-refractivity contribution < 1.29 is 292 Å². The third kappa shape index (κ3) is 24.6. The molecule has 704 valence electrons. The van der Waals surface area contributed by atoms with E-state index in [-0.39, 0.29) is 28.2 Å². The molecule has 118 heavy (non-hydrogen) atoms. The predicted molar refractivity (Wildman–Crippen MR) is 355 cm³/mol. The van der Waals surface area contributed by atoms with Crippen molar-refractivity contribution in [3.8, 4) is 0 Å². The lowest BCUT2D eigenvalue weighted by Crippen LogP contribution is -2.64. The van der Waals surface area contributed by atoms with Crippen LogP contribution in [0.3, 0.4) is 0 Å². The van der Waals surface area contributed by atoms with Crippen LogP contribution in [0.25, 0.3) is 0 Å². The molecule has 9 heterocycles. The molecule has 0 saturated carbocycles. The van der Waals surface area contributed by atoms with Crippen LogP contribution in [0.5, 0.6) is 0 Å². The number of hydrogen-bond acceptors (Lipinski definition) is 54. The van der Waals surface area contributed by atoms with Crippen LogP contribution in [-0.2, 0) is 75.8 Å². The van der Waals surface area contributed by atoms with Crippen molar-refractivity contribution in [1.29, 1.82) is 0 Å². The fraction of sp³-hybridized carbons (Fsp3) is 0.983. The summed E-state index contributed by atoms with van der Waals surface area (Å²) in [6.07, 6.45) is -72.6. The Balaban J connectivity index is 0.000000572. The topological polar surface area (TPSA) is 1050 Å². The number of aliphatic hydroxyl groups is 38. The minimum absolute atomic E-state index is 0. The maximum Gasteiger partial charge on any atom is 0.224 e. The summed E-state index contributed by atoms with van der Waals surface area (Å²) in [6.45, 7) is -10.2. The summed E-state index contributed by atoms with van der Waals surface area (Å²) in [4.78, 5) is 9.90. The molecule has 58 heteroatoms. The molecule has 0 amide bonds. The SMILES string of the molecule is O.O.O.O.O=C[C@H](O)[C@@H](O)[C@H](O)[C@H](O)CO.OC[C@H]1O[C@@](CO)(O[C@H]2O[C@H](CO)[C@@H](O)[C@H](O)[C@H]2O)[C@@H](O)[C@@H]1O.OC[C@H]1O[C@H](OC[C@H]2O[C@H](OC[C@H]3O[C@H](O[C@]4(CO)O[C@H](CO)[C@@H](O)[C@@H]4O)[C@H](O)[C@@H](O)[C@@H]3O)[C@H](O)[C@@H](O)[C@H]2O)[C@H](O)[C@@H](O)[C@H]1O.OC[C@H]1O[C@H](OC[C@H]2O[C@H](O[C@]3(CO)O[C@H](CO)[C@@H](O)[C@@H]3O)[C@H](O)[C@@H](O)[C@@H]2O)[C@H](O)[C@@H](O)[C@H]1O. The minimum atomic E-state index is -2.43. The average molecular weight is 1770 g/mol. The zero-order valence-corrected chi connectivity index (χ0v) is 61.6. The molecule has 9 rings (SSSR count). The molecule has 0 unspecified atom stereocenters. The molecular formula is C60H116O58. The summed E-state index contributed by atoms with van der Waals surface area (Å²) in [5, 5.41) is 371. The second kappa shape index (κ2) is 48.9. The normalized spacial score (nSPS) is 47.2. The van der Waals surface area contributed by atoms with Crippen molar-refractivity contribution >= 4 is 6.29 Å². The first-order valence-corrected chi connectivity index (χ1v) is 35.0. The Morgan fingerprint density at radius 2 is 0.466 bits per heavy atom. The highest BCUT2D eigenvalue weighted by Crippen LogP contribution is 2.41. The second-order valence-corrected chi connectivity index (χ2v) is 27.6. The first kappa shape index (κ1) is 111. The van der Waals surface area contributed by atoms with E-state index in [0.717, 1.165) is 0 Å². The highest BCUT2D eigenvalue weighted by atomic mass is 16.8. The molecule has 0 aromatic rings. The second-order valence-electron chi connectivity index (χ2n) is 27.6. The highest BCUT2D eigenvalue weighted by molar-refractivity contribution is 5.56. The first-order chi connectivity index (χ1) is 53.6. The Morgan fingerprint density at radius 3 is 0.669 bits per heavy atom. The van der Waals surface area contributed by atoms with E-state index in [4.69, 9.17) is 107 Å². The summed E-state index contributed by atoms with van der Waals surface area (Å²) in [6, 6.07) is 0. The standard InChI is InChI=1S/C24H42O21.C18H32O16.C12H22O11.C6H12O6.4H2O/c25-1-6-10(28)14(32)17(35)21(41-6)39-3-8-11(29)15(33)18(36)22(42-8)40-4-9-12(30)16(34)19(37)23(43-9)45-24(5-27)20(38)13(31)7(2-26)44-24;19-1-5-8(22)11(25)13(27)16(31-5)30-3-7-9(23)12(26)14(28)17(32-7)34-18(4-21)15(29)10(24)6(2-20)33-18;13-1-4-6(16)8(18)9(19)11(21-4)23-12(3-15)10(20)7(17)5(2-14)22-12;7-1-3(9)5(11)6(12)4(10)2-8;;;;/h6-23,25-38H,1-5H2;5-17,19-29H,1-4H2;4-11,13-20H,1-3H2;1,3-6,8-12H,2H2;4*1H2/t6-,7-,8-,9-,10+,11+,12-,13-,14+,15+,16+,17-,18-,19-,20+,21+,22+,23-,24+;5-,6-,7-,8+,9-,10-,11+,12+,13-,14-,15+,16+,17-,18+;4-,5-,6-,7-,8+,9-,10+,11-,12+;3-,4+,5+,6+;;;;/m1110..../s1. The summed E-state index contributed by atoms with van der Waals surface area (Å²) >= 11 is 0. The Bertz CT molecular complexity index is 2770. The number of aldehydes is 1. The van der Waals surface area contributed by atoms with Gasteiger partial charge in [0.15, 0.2) is 44.0 Å². The van der Waals surface area contributed by atoms with Crippen LogP contribution in [-0.4, -0.2) is 589 Å². The van der Waals surface area contributed by atoms with Gasteiger partial charge in [0, 0.05) is 0 Å². The highest BCUT2D eigenvalue weighted by Gasteiger charge is 2.63. The van der Waals surface area contributed by atoms with Crippen LogP contribution < -0.4 is 0 Å². The Labute approximate surface area is 663 Å². The van der Waals surface area contributed by atoms with E-state index >= 15 is 0 Å². The summed E-state index contributed by atoms with van der Waals surface area (Å²) in [5.41, 5.74) is 0. The van der Waals surface area contributed by atoms with Gasteiger partial charge in [0.25, 0.3) is 0 Å². The smallest absolute Gasteiger partial charge is 0.224 e. The molecule has 9 aliphatic rings. The molecule has 0 bridgehead atoms. The van der Waals surface area contributed by atoms with Gasteiger partial charge in [0.05, 0.1) is 66.1 Å². The van der Waals surface area contributed by atoms with E-state index in [1.807, 2.05) is 0 Å². The maximum absolute atomic E-state index is 10.5. The molecule has 46 N–H and O–H groups in total. The molecule has 9 aliphatic heterocycles. The third-order valence-electron chi connectivity index (χ3n) is 19.9. The molecule has 0 aromatic carbocycles. The molecular weight excluding hydrogens is 1650 g/mol. The lowest BCUT2D eigenvalue weighted by molar-refractivity contribution is -0.388. The Kier molecular flexibility index (Phi) is 46.2. The fourth-order valence-corrected chi connectivity index (χ4v) is 12.7. The molecule has 0 aromatic heterocycles. The first-order valence-electron chi connectivity index (χ1n) is 35.0. The zero-order valence-electron chi connectivity index (χ0n) is 61.6. The van der Waals surface area contributed by atoms with Crippen molar-refractivity contribution in [2.75, 3.05) is 85.9 Å². The van der Waals surface area contributed by atoms with Gasteiger partial charge in [-0.1, -0.05) is 0 Å². The van der Waals surface area contributed by atoms with Crippen molar-refractivity contribution in [3.63, 3.8) is 0 Å². The predicted octanol–water partition coefficient (Wildman–Crippen LogP) is -29.4. The van der Waals surface area contributed by atoms with Crippen LogP contribution in [0, 0.1) is 0 Å². The van der Waals surface area contributed by atoms with Gasteiger partial charge in [-0.3, -0.25) is 0 Å². The number of carbonyl (C=O) groups excluding carboxylic acids is 1. The Hall–Kier alpha value is -2.61. The summed E-state index contributed by atoms with van der Waals surface area (Å²) < 4.78 is 79.5. The maximum atomic E-state index is 10.5. The van der Waals surface area contributed by atoms with E-state index in [9.17, 15) is 163 Å². The molecule has 58 nitrogen and oxygen atoms in total. The number of ether oxygens (including phenoxy) is 15. The average Bonchev–Trinajstić information content (AvgIpc) is 1.60. The minimum Gasteiger partial charge on any atom is -0.412 e. The van der Waals surface area contributed by atoms with E-state index in [2.05, 4.69) is 0 Å². The monoisotopic (exact) mass is 1760 g/mol. The van der Waals surface area contributed by atoms with Crippen LogP contribution in [0.1, 0.15) is 0 Å². The van der Waals surface area contributed by atoms with Gasteiger partial charge in [-0.2, -0.15) is 0 Å². The Morgan fingerprint density at radius 1 is 0.263 bits per heavy atom.